The molecule has 0 radical (unpaired) electrons. The van der Waals surface area contributed by atoms with E-state index in [0.717, 1.165) is 29.3 Å². The highest BCUT2D eigenvalue weighted by Crippen LogP contribution is 2.27. The molecule has 0 saturated heterocycles. The fourth-order valence-corrected chi connectivity index (χ4v) is 3.70. The van der Waals surface area contributed by atoms with Crippen molar-refractivity contribution in [2.45, 2.75) is 6.42 Å². The highest BCUT2D eigenvalue weighted by Gasteiger charge is 2.16. The van der Waals surface area contributed by atoms with E-state index in [2.05, 4.69) is 13.2 Å². The summed E-state index contributed by atoms with van der Waals surface area (Å²) in [6.07, 6.45) is 3.00. The maximum absolute atomic E-state index is 14.4. The minimum Gasteiger partial charge on any atom is -0.494 e. The number of rotatable bonds is 16. The van der Waals surface area contributed by atoms with E-state index in [1.807, 2.05) is 18.2 Å². The van der Waals surface area contributed by atoms with Crippen molar-refractivity contribution in [1.82, 2.24) is 0 Å². The van der Waals surface area contributed by atoms with Crippen molar-refractivity contribution in [1.29, 1.82) is 0 Å². The minimum absolute atomic E-state index is 0.0112. The van der Waals surface area contributed by atoms with Crippen molar-refractivity contribution in [3.05, 3.63) is 116 Å². The summed E-state index contributed by atoms with van der Waals surface area (Å²) in [5, 5.41) is 1.61. The van der Waals surface area contributed by atoms with E-state index in [4.69, 9.17) is 33.2 Å². The molecule has 4 rings (SSSR count). The molecule has 0 aliphatic rings. The van der Waals surface area contributed by atoms with Gasteiger partial charge in [-0.05, 0) is 71.4 Å². The van der Waals surface area contributed by atoms with Gasteiger partial charge in [-0.3, -0.25) is 0 Å². The first-order valence-corrected chi connectivity index (χ1v) is 13.1. The van der Waals surface area contributed by atoms with Gasteiger partial charge in [-0.2, -0.15) is 0 Å². The quantitative estimate of drug-likeness (QED) is 0.0358. The Morgan fingerprint density at radius 2 is 1.28 bits per heavy atom. The minimum atomic E-state index is -0.893. The van der Waals surface area contributed by atoms with Gasteiger partial charge < -0.3 is 33.2 Å². The van der Waals surface area contributed by atoms with Gasteiger partial charge in [0.1, 0.15) is 34.6 Å². The topological polar surface area (TPSA) is 98.8 Å². The molecule has 0 amide bonds. The van der Waals surface area contributed by atoms with E-state index in [0.29, 0.717) is 30.5 Å². The number of carbonyl (C=O) groups excluding carboxylic acids is 2. The Balaban J connectivity index is 1.24. The average Bonchev–Trinajstić information content (AvgIpc) is 3.01. The number of carbonyl (C=O) groups is 2. The molecule has 0 aromatic heterocycles. The van der Waals surface area contributed by atoms with E-state index < -0.39 is 17.8 Å². The largest absolute Gasteiger partial charge is 0.494 e. The highest BCUT2D eigenvalue weighted by molar-refractivity contribution is 5.93. The Morgan fingerprint density at radius 1 is 0.674 bits per heavy atom. The zero-order valence-electron chi connectivity index (χ0n) is 23.2. The fourth-order valence-electron chi connectivity index (χ4n) is 3.70. The molecule has 0 bridgehead atoms. The molecule has 0 heterocycles. The number of benzene rings is 4. The van der Waals surface area contributed by atoms with Crippen LogP contribution in [0.2, 0.25) is 0 Å². The van der Waals surface area contributed by atoms with Gasteiger partial charge in [0.25, 0.3) is 0 Å². The molecule has 0 spiro atoms. The summed E-state index contributed by atoms with van der Waals surface area (Å²) in [5.41, 5.74) is -0.305. The maximum Gasteiger partial charge on any atom is 0.346 e. The summed E-state index contributed by atoms with van der Waals surface area (Å²) >= 11 is 0. The van der Waals surface area contributed by atoms with Crippen LogP contribution in [0.1, 0.15) is 16.8 Å². The first kappa shape index (κ1) is 30.6. The molecule has 0 fully saturated rings. The first-order valence-electron chi connectivity index (χ1n) is 13.1. The molecule has 0 unspecified atom stereocenters. The van der Waals surface area contributed by atoms with E-state index in [-0.39, 0.29) is 30.6 Å². The summed E-state index contributed by atoms with van der Waals surface area (Å²) in [5.74, 6) is -0.434. The van der Waals surface area contributed by atoms with E-state index in [9.17, 15) is 14.0 Å². The van der Waals surface area contributed by atoms with Crippen LogP contribution < -0.4 is 23.7 Å². The van der Waals surface area contributed by atoms with Crippen LogP contribution >= 0.6 is 0 Å². The van der Waals surface area contributed by atoms with Gasteiger partial charge in [0.05, 0.1) is 25.0 Å². The lowest BCUT2D eigenvalue weighted by Crippen LogP contribution is -2.11. The number of ether oxygens (including phenoxy) is 7. The number of hydrogen-bond acceptors (Lipinski definition) is 9. The van der Waals surface area contributed by atoms with Crippen LogP contribution in [-0.2, 0) is 14.3 Å². The number of esters is 2. The van der Waals surface area contributed by atoms with Crippen LogP contribution in [0.3, 0.4) is 0 Å². The molecule has 10 heteroatoms. The van der Waals surface area contributed by atoms with Crippen LogP contribution in [0, 0.1) is 5.82 Å². The van der Waals surface area contributed by atoms with Crippen LogP contribution in [0.25, 0.3) is 10.8 Å². The number of fused-ring (bicyclic) bond motifs is 1. The smallest absolute Gasteiger partial charge is 0.346 e. The van der Waals surface area contributed by atoms with Gasteiger partial charge in [0.2, 0.25) is 6.79 Å². The molecule has 4 aromatic carbocycles. The summed E-state index contributed by atoms with van der Waals surface area (Å²) in [6, 6.07) is 20.9. The van der Waals surface area contributed by atoms with Crippen molar-refractivity contribution in [3.63, 3.8) is 0 Å². The van der Waals surface area contributed by atoms with Gasteiger partial charge in [-0.25, -0.2) is 14.0 Å². The van der Waals surface area contributed by atoms with Gasteiger partial charge in [-0.15, -0.1) is 0 Å². The number of hydrogen-bond donors (Lipinski definition) is 0. The molecule has 0 aliphatic heterocycles. The summed E-state index contributed by atoms with van der Waals surface area (Å²) in [7, 11) is 0. The highest BCUT2D eigenvalue weighted by atomic mass is 19.1. The Morgan fingerprint density at radius 3 is 1.98 bits per heavy atom. The molecule has 4 aromatic rings. The molecule has 222 valence electrons. The first-order chi connectivity index (χ1) is 20.9. The predicted octanol–water partition coefficient (Wildman–Crippen LogP) is 6.61. The van der Waals surface area contributed by atoms with Crippen molar-refractivity contribution in [2.24, 2.45) is 0 Å². The standard InChI is InChI=1S/C33H29FO9/c1-3-32(35)42-29-14-15-30(31(34)20-29)33(36)43-28-9-7-23-18-27(8-6-24(23)19-28)41-22-40-26-12-10-25(11-13-26)39-17-5-16-38-21-37-4-2/h3-4,6-15,18-20H,1-2,5,16-17,21-22H2. The maximum atomic E-state index is 14.4. The summed E-state index contributed by atoms with van der Waals surface area (Å²) in [4.78, 5) is 23.8. The molecule has 9 nitrogen and oxygen atoms in total. The van der Waals surface area contributed by atoms with Crippen molar-refractivity contribution in [3.8, 4) is 28.7 Å². The van der Waals surface area contributed by atoms with Crippen molar-refractivity contribution < 1.29 is 47.1 Å². The van der Waals surface area contributed by atoms with E-state index in [1.165, 1.54) is 18.4 Å². The van der Waals surface area contributed by atoms with Gasteiger partial charge in [0, 0.05) is 18.6 Å². The van der Waals surface area contributed by atoms with E-state index >= 15 is 0 Å². The van der Waals surface area contributed by atoms with Gasteiger partial charge in [0.15, 0.2) is 6.79 Å². The number of halogens is 1. The van der Waals surface area contributed by atoms with Crippen LogP contribution in [0.15, 0.2) is 104 Å². The van der Waals surface area contributed by atoms with Crippen LogP contribution in [-0.4, -0.2) is 38.7 Å². The lowest BCUT2D eigenvalue weighted by Gasteiger charge is -2.11. The molecule has 0 N–H and O–H groups in total. The summed E-state index contributed by atoms with van der Waals surface area (Å²) in [6.45, 7) is 7.90. The molecule has 43 heavy (non-hydrogen) atoms. The monoisotopic (exact) mass is 588 g/mol. The zero-order valence-corrected chi connectivity index (χ0v) is 23.2. The lowest BCUT2D eigenvalue weighted by atomic mass is 10.1. The predicted molar refractivity (Wildman–Crippen MR) is 156 cm³/mol. The Labute approximate surface area is 247 Å². The molecule has 0 atom stereocenters. The molecular formula is C33H29FO9. The second-order valence-corrected chi connectivity index (χ2v) is 8.77. The second-order valence-electron chi connectivity index (χ2n) is 8.77. The Bertz CT molecular complexity index is 1570. The Hall–Kier alpha value is -5.35. The van der Waals surface area contributed by atoms with Gasteiger partial charge >= 0.3 is 11.9 Å². The van der Waals surface area contributed by atoms with Crippen molar-refractivity contribution >= 4 is 22.7 Å². The van der Waals surface area contributed by atoms with Gasteiger partial charge in [-0.1, -0.05) is 25.3 Å². The molecule has 0 saturated carbocycles. The fraction of sp³-hybridized carbons (Fsp3) is 0.152. The average molecular weight is 589 g/mol. The van der Waals surface area contributed by atoms with Crippen LogP contribution in [0.4, 0.5) is 4.39 Å². The normalized spacial score (nSPS) is 10.4. The lowest BCUT2D eigenvalue weighted by molar-refractivity contribution is -0.128. The van der Waals surface area contributed by atoms with Crippen molar-refractivity contribution in [2.75, 3.05) is 26.8 Å². The molecular weight excluding hydrogens is 559 g/mol. The third-order valence-corrected chi connectivity index (χ3v) is 5.79. The Kier molecular flexibility index (Phi) is 11.1. The third kappa shape index (κ3) is 9.34. The third-order valence-electron chi connectivity index (χ3n) is 5.79. The zero-order chi connectivity index (χ0) is 30.4. The van der Waals surface area contributed by atoms with E-state index in [1.54, 1.807) is 42.5 Å². The van der Waals surface area contributed by atoms with Crippen LogP contribution in [0.5, 0.6) is 28.7 Å². The molecule has 0 aliphatic carbocycles. The summed E-state index contributed by atoms with van der Waals surface area (Å²) < 4.78 is 51.8. The second kappa shape index (κ2) is 15.6. The SMILES string of the molecule is C=COCOCCCOc1ccc(OCOc2ccc3cc(OC(=O)c4ccc(OC(=O)C=C)cc4F)ccc3c2)cc1.